The molecule has 0 radical (unpaired) electrons. The van der Waals surface area contributed by atoms with Crippen LogP contribution in [0.3, 0.4) is 0 Å². The monoisotopic (exact) mass is 430 g/mol. The Bertz CT molecular complexity index is 957. The minimum Gasteiger partial charge on any atom is -0.491 e. The molecule has 1 unspecified atom stereocenters. The first-order valence-electron chi connectivity index (χ1n) is 10.5. The highest BCUT2D eigenvalue weighted by Crippen LogP contribution is 2.22. The number of piperidine rings is 1. The first-order chi connectivity index (χ1) is 15.0. The third-order valence-electron chi connectivity index (χ3n) is 5.71. The van der Waals surface area contributed by atoms with Crippen molar-refractivity contribution in [2.75, 3.05) is 32.8 Å². The molecule has 31 heavy (non-hydrogen) atoms. The molecule has 1 aromatic heterocycles. The van der Waals surface area contributed by atoms with Crippen LogP contribution in [0, 0.1) is 12.7 Å². The van der Waals surface area contributed by atoms with Crippen LogP contribution in [0.25, 0.3) is 0 Å². The minimum atomic E-state index is -0.311. The van der Waals surface area contributed by atoms with Crippen LogP contribution in [-0.2, 0) is 16.1 Å². The Labute approximate surface area is 180 Å². The summed E-state index contributed by atoms with van der Waals surface area (Å²) < 4.78 is 24.4. The normalized spacial score (nSPS) is 20.8. The molecule has 1 aromatic carbocycles. The summed E-state index contributed by atoms with van der Waals surface area (Å²) in [5, 5.41) is 0. The Morgan fingerprint density at radius 3 is 2.68 bits per heavy atom. The highest BCUT2D eigenvalue weighted by Gasteiger charge is 2.33. The number of benzene rings is 1. The topological polar surface area (TPSA) is 87.8 Å². The summed E-state index contributed by atoms with van der Waals surface area (Å²) in [6.07, 6.45) is 1.50. The van der Waals surface area contributed by atoms with E-state index in [0.717, 1.165) is 31.6 Å². The maximum Gasteiger partial charge on any atom is 0.251 e. The van der Waals surface area contributed by atoms with Crippen LogP contribution >= 0.6 is 0 Å². The van der Waals surface area contributed by atoms with Gasteiger partial charge in [0.25, 0.3) is 5.56 Å². The summed E-state index contributed by atoms with van der Waals surface area (Å²) in [6.45, 7) is 4.91. The molecule has 0 bridgehead atoms. The average Bonchev–Trinajstić information content (AvgIpc) is 2.74. The molecule has 0 spiro atoms. The van der Waals surface area contributed by atoms with E-state index in [1.54, 1.807) is 19.1 Å². The molecule has 2 saturated heterocycles. The number of hydrogen-bond donors (Lipinski definition) is 1. The number of nitrogens with one attached hydrogen (secondary N) is 1. The number of aryl methyl sites for hydroxylation is 1. The van der Waals surface area contributed by atoms with E-state index in [1.807, 2.05) is 4.90 Å². The van der Waals surface area contributed by atoms with Gasteiger partial charge in [0.05, 0.1) is 12.2 Å². The predicted octanol–water partition coefficient (Wildman–Crippen LogP) is 1.49. The van der Waals surface area contributed by atoms with Crippen LogP contribution in [0.5, 0.6) is 5.75 Å². The van der Waals surface area contributed by atoms with Gasteiger partial charge in [-0.25, -0.2) is 9.37 Å². The van der Waals surface area contributed by atoms with Crippen molar-refractivity contribution < 1.29 is 18.7 Å². The maximum atomic E-state index is 13.0. The molecule has 166 valence electrons. The van der Waals surface area contributed by atoms with Crippen molar-refractivity contribution >= 4 is 5.91 Å². The number of aromatic nitrogens is 2. The number of morpholine rings is 1. The van der Waals surface area contributed by atoms with Crippen molar-refractivity contribution in [1.29, 1.82) is 0 Å². The van der Waals surface area contributed by atoms with Crippen molar-refractivity contribution in [2.24, 2.45) is 0 Å². The quantitative estimate of drug-likeness (QED) is 0.747. The van der Waals surface area contributed by atoms with Gasteiger partial charge in [-0.15, -0.1) is 0 Å². The largest absolute Gasteiger partial charge is 0.491 e. The second-order valence-corrected chi connectivity index (χ2v) is 8.07. The van der Waals surface area contributed by atoms with E-state index >= 15 is 0 Å². The van der Waals surface area contributed by atoms with Gasteiger partial charge in [-0.2, -0.15) is 0 Å². The SMILES string of the molecule is Cc1nc(CN2CCC(N3CC(COc4ccc(F)cc4)OCC3=O)CC2)cc(=O)[nH]1. The van der Waals surface area contributed by atoms with E-state index in [-0.39, 0.29) is 36.0 Å². The number of nitrogens with zero attached hydrogens (tertiary/aromatic N) is 3. The van der Waals surface area contributed by atoms with Gasteiger partial charge in [0, 0.05) is 31.7 Å². The summed E-state index contributed by atoms with van der Waals surface area (Å²) in [6, 6.07) is 7.55. The first kappa shape index (κ1) is 21.5. The number of hydrogen-bond acceptors (Lipinski definition) is 6. The van der Waals surface area contributed by atoms with Crippen LogP contribution in [0.15, 0.2) is 35.1 Å². The van der Waals surface area contributed by atoms with E-state index in [4.69, 9.17) is 9.47 Å². The predicted molar refractivity (Wildman–Crippen MR) is 111 cm³/mol. The smallest absolute Gasteiger partial charge is 0.251 e. The molecule has 0 saturated carbocycles. The van der Waals surface area contributed by atoms with Crippen LogP contribution in [-0.4, -0.2) is 70.7 Å². The van der Waals surface area contributed by atoms with Gasteiger partial charge in [-0.1, -0.05) is 0 Å². The number of ether oxygens (including phenoxy) is 2. The third kappa shape index (κ3) is 5.68. The molecule has 1 amide bonds. The van der Waals surface area contributed by atoms with E-state index in [9.17, 15) is 14.0 Å². The average molecular weight is 430 g/mol. The summed E-state index contributed by atoms with van der Waals surface area (Å²) in [5.74, 6) is 0.883. The van der Waals surface area contributed by atoms with Crippen molar-refractivity contribution in [2.45, 2.75) is 38.5 Å². The molecule has 2 aliphatic rings. The molecule has 2 aromatic rings. The van der Waals surface area contributed by atoms with E-state index < -0.39 is 0 Å². The van der Waals surface area contributed by atoms with Crippen molar-refractivity contribution in [3.8, 4) is 5.75 Å². The lowest BCUT2D eigenvalue weighted by Crippen LogP contribution is -2.55. The number of carbonyl (C=O) groups excluding carboxylic acids is 1. The van der Waals surface area contributed by atoms with Crippen LogP contribution in [0.1, 0.15) is 24.4 Å². The van der Waals surface area contributed by atoms with Crippen molar-refractivity contribution in [3.63, 3.8) is 0 Å². The van der Waals surface area contributed by atoms with Gasteiger partial charge in [-0.3, -0.25) is 14.5 Å². The molecule has 8 nitrogen and oxygen atoms in total. The van der Waals surface area contributed by atoms with Gasteiger partial charge in [0.15, 0.2) is 0 Å². The lowest BCUT2D eigenvalue weighted by Gasteiger charge is -2.42. The Morgan fingerprint density at radius 1 is 1.23 bits per heavy atom. The fourth-order valence-electron chi connectivity index (χ4n) is 4.16. The number of halogens is 1. The van der Waals surface area contributed by atoms with Gasteiger partial charge in [0.2, 0.25) is 5.91 Å². The fourth-order valence-corrected chi connectivity index (χ4v) is 4.16. The Kier molecular flexibility index (Phi) is 6.62. The molecule has 1 N–H and O–H groups in total. The zero-order valence-electron chi connectivity index (χ0n) is 17.6. The molecular formula is C22H27FN4O4. The second-order valence-electron chi connectivity index (χ2n) is 8.07. The third-order valence-corrected chi connectivity index (χ3v) is 5.71. The standard InChI is InChI=1S/C22H27FN4O4/c1-15-24-17(10-21(28)25-15)11-26-8-6-18(7-9-26)27-12-20(31-14-22(27)29)13-30-19-4-2-16(23)3-5-19/h2-5,10,18,20H,6-9,11-14H2,1H3,(H,24,25,28). The van der Waals surface area contributed by atoms with Gasteiger partial charge in [0.1, 0.15) is 36.7 Å². The van der Waals surface area contributed by atoms with Crippen LogP contribution in [0.4, 0.5) is 4.39 Å². The Balaban J connectivity index is 1.28. The number of H-pyrrole nitrogens is 1. The lowest BCUT2D eigenvalue weighted by atomic mass is 10.0. The molecule has 1 atom stereocenters. The summed E-state index contributed by atoms with van der Waals surface area (Å²) in [5.41, 5.74) is 0.630. The highest BCUT2D eigenvalue weighted by atomic mass is 19.1. The first-order valence-corrected chi connectivity index (χ1v) is 10.5. The number of rotatable bonds is 6. The fraction of sp³-hybridized carbons (Fsp3) is 0.500. The molecular weight excluding hydrogens is 403 g/mol. The van der Waals surface area contributed by atoms with Gasteiger partial charge in [-0.05, 0) is 44.0 Å². The van der Waals surface area contributed by atoms with E-state index in [1.165, 1.54) is 18.2 Å². The van der Waals surface area contributed by atoms with Gasteiger partial charge >= 0.3 is 0 Å². The summed E-state index contributed by atoms with van der Waals surface area (Å²) >= 11 is 0. The maximum absolute atomic E-state index is 13.0. The van der Waals surface area contributed by atoms with E-state index in [2.05, 4.69) is 14.9 Å². The molecule has 2 fully saturated rings. The second kappa shape index (κ2) is 9.57. The summed E-state index contributed by atoms with van der Waals surface area (Å²) in [7, 11) is 0. The Morgan fingerprint density at radius 2 is 1.97 bits per heavy atom. The zero-order valence-corrected chi connectivity index (χ0v) is 17.6. The minimum absolute atomic E-state index is 0.00312. The highest BCUT2D eigenvalue weighted by molar-refractivity contribution is 5.78. The van der Waals surface area contributed by atoms with Crippen molar-refractivity contribution in [1.82, 2.24) is 19.8 Å². The summed E-state index contributed by atoms with van der Waals surface area (Å²) in [4.78, 5) is 35.3. The molecule has 9 heteroatoms. The van der Waals surface area contributed by atoms with Gasteiger partial charge < -0.3 is 19.4 Å². The van der Waals surface area contributed by atoms with Crippen LogP contribution in [0.2, 0.25) is 0 Å². The van der Waals surface area contributed by atoms with Crippen LogP contribution < -0.4 is 10.3 Å². The van der Waals surface area contributed by atoms with E-state index in [0.29, 0.717) is 31.3 Å². The molecule has 4 rings (SSSR count). The molecule has 3 heterocycles. The Hall–Kier alpha value is -2.78. The number of aromatic amines is 1. The lowest BCUT2D eigenvalue weighted by molar-refractivity contribution is -0.155. The zero-order chi connectivity index (χ0) is 21.8. The number of carbonyl (C=O) groups is 1. The molecule has 2 aliphatic heterocycles. The van der Waals surface area contributed by atoms with Crippen molar-refractivity contribution in [3.05, 3.63) is 58.0 Å². The number of amides is 1. The molecule has 0 aliphatic carbocycles. The number of likely N-dealkylation sites (tertiary alicyclic amines) is 1.